The highest BCUT2D eigenvalue weighted by Gasteiger charge is 2.46. The van der Waals surface area contributed by atoms with Crippen LogP contribution in [0.2, 0.25) is 0 Å². The average molecular weight is 407 g/mol. The summed E-state index contributed by atoms with van der Waals surface area (Å²) in [6, 6.07) is 19.3. The first-order chi connectivity index (χ1) is 14.3. The fourth-order valence-electron chi connectivity index (χ4n) is 5.14. The van der Waals surface area contributed by atoms with Gasteiger partial charge in [-0.3, -0.25) is 4.90 Å². The second kappa shape index (κ2) is 8.43. The maximum absolute atomic E-state index is 13.2. The lowest BCUT2D eigenvalue weighted by Gasteiger charge is -2.43. The molecule has 0 spiro atoms. The fourth-order valence-corrected chi connectivity index (χ4v) is 5.14. The zero-order chi connectivity index (χ0) is 21.3. The van der Waals surface area contributed by atoms with Gasteiger partial charge in [-0.1, -0.05) is 54.6 Å². The van der Waals surface area contributed by atoms with E-state index in [0.717, 1.165) is 32.6 Å². The number of benzene rings is 2. The van der Waals surface area contributed by atoms with Gasteiger partial charge in [0.25, 0.3) is 0 Å². The Hall–Kier alpha value is -2.33. The monoisotopic (exact) mass is 406 g/mol. The predicted molar refractivity (Wildman–Crippen MR) is 120 cm³/mol. The number of amides is 1. The van der Waals surface area contributed by atoms with Crippen LogP contribution in [0, 0.1) is 18.8 Å². The summed E-state index contributed by atoms with van der Waals surface area (Å²) < 4.78 is 5.81. The molecule has 2 aromatic carbocycles. The van der Waals surface area contributed by atoms with Gasteiger partial charge in [0.2, 0.25) is 0 Å². The van der Waals surface area contributed by atoms with Gasteiger partial charge in [-0.05, 0) is 56.7 Å². The lowest BCUT2D eigenvalue weighted by Crippen LogP contribution is -2.48. The van der Waals surface area contributed by atoms with Crippen molar-refractivity contribution in [2.45, 2.75) is 52.3 Å². The quantitative estimate of drug-likeness (QED) is 0.682. The molecular formula is C26H34N2O2. The highest BCUT2D eigenvalue weighted by atomic mass is 16.6. The Morgan fingerprint density at radius 1 is 1.03 bits per heavy atom. The van der Waals surface area contributed by atoms with E-state index in [4.69, 9.17) is 4.74 Å². The summed E-state index contributed by atoms with van der Waals surface area (Å²) in [6.45, 7) is 11.8. The highest BCUT2D eigenvalue weighted by Crippen LogP contribution is 2.45. The number of hydrogen-bond donors (Lipinski definition) is 0. The number of ether oxygens (including phenoxy) is 1. The molecule has 3 atom stereocenters. The molecule has 30 heavy (non-hydrogen) atoms. The first-order valence-corrected chi connectivity index (χ1v) is 11.1. The predicted octanol–water partition coefficient (Wildman–Crippen LogP) is 5.43. The SMILES string of the molecule is Cc1ccccc1C1C2CN(Cc3ccccc3)C[C@H]2CCN1C(=O)OC(C)(C)C. The maximum Gasteiger partial charge on any atom is 0.410 e. The van der Waals surface area contributed by atoms with E-state index in [1.165, 1.54) is 16.7 Å². The molecule has 1 amide bonds. The van der Waals surface area contributed by atoms with Gasteiger partial charge < -0.3 is 9.64 Å². The summed E-state index contributed by atoms with van der Waals surface area (Å²) in [7, 11) is 0. The molecule has 2 fully saturated rings. The largest absolute Gasteiger partial charge is 0.444 e. The Bertz CT molecular complexity index is 874. The number of carbonyl (C=O) groups is 1. The summed E-state index contributed by atoms with van der Waals surface area (Å²) in [5.74, 6) is 1.04. The molecule has 0 radical (unpaired) electrons. The second-order valence-corrected chi connectivity index (χ2v) is 9.87. The third-order valence-corrected chi connectivity index (χ3v) is 6.43. The van der Waals surface area contributed by atoms with Gasteiger partial charge in [0, 0.05) is 32.1 Å². The maximum atomic E-state index is 13.2. The molecule has 0 N–H and O–H groups in total. The summed E-state index contributed by atoms with van der Waals surface area (Å²) in [5, 5.41) is 0. The van der Waals surface area contributed by atoms with Crippen LogP contribution in [0.4, 0.5) is 4.79 Å². The van der Waals surface area contributed by atoms with Gasteiger partial charge >= 0.3 is 6.09 Å². The standard InChI is InChI=1S/C26H34N2O2/c1-19-10-8-9-13-22(19)24-23-18-27(16-20-11-6-5-7-12-20)17-21(23)14-15-28(24)25(29)30-26(2,3)4/h5-13,21,23-24H,14-18H2,1-4H3/t21-,23?,24?/m1/s1. The lowest BCUT2D eigenvalue weighted by atomic mass is 9.78. The van der Waals surface area contributed by atoms with Crippen molar-refractivity contribution in [1.29, 1.82) is 0 Å². The van der Waals surface area contributed by atoms with Crippen molar-refractivity contribution in [3.63, 3.8) is 0 Å². The van der Waals surface area contributed by atoms with E-state index in [1.807, 2.05) is 25.7 Å². The molecular weight excluding hydrogens is 372 g/mol. The molecule has 2 saturated heterocycles. The van der Waals surface area contributed by atoms with E-state index in [0.29, 0.717) is 11.8 Å². The normalized spacial score (nSPS) is 24.5. The van der Waals surface area contributed by atoms with Crippen molar-refractivity contribution >= 4 is 6.09 Å². The highest BCUT2D eigenvalue weighted by molar-refractivity contribution is 5.69. The third kappa shape index (κ3) is 4.54. The molecule has 2 unspecified atom stereocenters. The van der Waals surface area contributed by atoms with E-state index in [1.54, 1.807) is 0 Å². The summed E-state index contributed by atoms with van der Waals surface area (Å²) in [6.07, 6.45) is 0.855. The van der Waals surface area contributed by atoms with Crippen molar-refractivity contribution < 1.29 is 9.53 Å². The molecule has 160 valence electrons. The Balaban J connectivity index is 1.61. The molecule has 4 heteroatoms. The van der Waals surface area contributed by atoms with Crippen LogP contribution in [-0.4, -0.2) is 41.1 Å². The number of carbonyl (C=O) groups excluding carboxylic acids is 1. The van der Waals surface area contributed by atoms with Gasteiger partial charge in [-0.2, -0.15) is 0 Å². The van der Waals surface area contributed by atoms with Crippen molar-refractivity contribution in [1.82, 2.24) is 9.80 Å². The summed E-state index contributed by atoms with van der Waals surface area (Å²) in [5.41, 5.74) is 3.38. The van der Waals surface area contributed by atoms with E-state index in [9.17, 15) is 4.79 Å². The van der Waals surface area contributed by atoms with Crippen molar-refractivity contribution in [3.8, 4) is 0 Å². The molecule has 0 aromatic heterocycles. The first kappa shape index (κ1) is 20.9. The van der Waals surface area contributed by atoms with E-state index >= 15 is 0 Å². The summed E-state index contributed by atoms with van der Waals surface area (Å²) in [4.78, 5) is 17.7. The molecule has 2 aliphatic heterocycles. The van der Waals surface area contributed by atoms with Crippen LogP contribution in [0.25, 0.3) is 0 Å². The van der Waals surface area contributed by atoms with E-state index in [2.05, 4.69) is 66.4 Å². The average Bonchev–Trinajstić information content (AvgIpc) is 3.09. The Labute approximate surface area is 180 Å². The Morgan fingerprint density at radius 3 is 2.43 bits per heavy atom. The number of aryl methyl sites for hydroxylation is 1. The zero-order valence-corrected chi connectivity index (χ0v) is 18.7. The van der Waals surface area contributed by atoms with Crippen molar-refractivity contribution in [2.24, 2.45) is 11.8 Å². The van der Waals surface area contributed by atoms with Crippen molar-refractivity contribution in [3.05, 3.63) is 71.3 Å². The molecule has 2 aliphatic rings. The van der Waals surface area contributed by atoms with E-state index < -0.39 is 5.60 Å². The molecule has 0 bridgehead atoms. The molecule has 4 rings (SSSR count). The van der Waals surface area contributed by atoms with E-state index in [-0.39, 0.29) is 12.1 Å². The first-order valence-electron chi connectivity index (χ1n) is 11.1. The van der Waals surface area contributed by atoms with Crippen LogP contribution in [0.3, 0.4) is 0 Å². The molecule has 0 aliphatic carbocycles. The lowest BCUT2D eigenvalue weighted by molar-refractivity contribution is -0.00534. The minimum absolute atomic E-state index is 0.0700. The number of likely N-dealkylation sites (tertiary alicyclic amines) is 2. The minimum atomic E-state index is -0.487. The van der Waals surface area contributed by atoms with Gasteiger partial charge in [0.1, 0.15) is 5.60 Å². The third-order valence-electron chi connectivity index (χ3n) is 6.43. The topological polar surface area (TPSA) is 32.8 Å². The van der Waals surface area contributed by atoms with Crippen LogP contribution in [0.1, 0.15) is 49.9 Å². The van der Waals surface area contributed by atoms with Crippen LogP contribution in [0.5, 0.6) is 0 Å². The summed E-state index contributed by atoms with van der Waals surface area (Å²) >= 11 is 0. The Kier molecular flexibility index (Phi) is 5.88. The van der Waals surface area contributed by atoms with Gasteiger partial charge in [0.15, 0.2) is 0 Å². The Morgan fingerprint density at radius 2 is 1.73 bits per heavy atom. The number of rotatable bonds is 3. The van der Waals surface area contributed by atoms with Gasteiger partial charge in [-0.15, -0.1) is 0 Å². The van der Waals surface area contributed by atoms with Crippen LogP contribution >= 0.6 is 0 Å². The fraction of sp³-hybridized carbons (Fsp3) is 0.500. The van der Waals surface area contributed by atoms with Crippen LogP contribution in [-0.2, 0) is 11.3 Å². The number of hydrogen-bond acceptors (Lipinski definition) is 3. The smallest absolute Gasteiger partial charge is 0.410 e. The molecule has 4 nitrogen and oxygen atoms in total. The zero-order valence-electron chi connectivity index (χ0n) is 18.7. The number of piperidine rings is 1. The number of nitrogens with zero attached hydrogens (tertiary/aromatic N) is 2. The van der Waals surface area contributed by atoms with Crippen LogP contribution < -0.4 is 0 Å². The number of fused-ring (bicyclic) bond motifs is 1. The van der Waals surface area contributed by atoms with Crippen LogP contribution in [0.15, 0.2) is 54.6 Å². The van der Waals surface area contributed by atoms with Gasteiger partial charge in [-0.25, -0.2) is 4.79 Å². The molecule has 2 aromatic rings. The second-order valence-electron chi connectivity index (χ2n) is 9.87. The minimum Gasteiger partial charge on any atom is -0.444 e. The van der Waals surface area contributed by atoms with Gasteiger partial charge in [0.05, 0.1) is 6.04 Å². The molecule has 0 saturated carbocycles. The van der Waals surface area contributed by atoms with Crippen molar-refractivity contribution in [2.75, 3.05) is 19.6 Å². The molecule has 2 heterocycles.